The van der Waals surface area contributed by atoms with E-state index in [2.05, 4.69) is 15.1 Å². The minimum atomic E-state index is -3.68. The highest BCUT2D eigenvalue weighted by Crippen LogP contribution is 2.09. The average molecular weight is 417 g/mol. The van der Waals surface area contributed by atoms with Crippen molar-refractivity contribution in [3.05, 3.63) is 60.3 Å². The molecule has 0 radical (unpaired) electrons. The average Bonchev–Trinajstić information content (AvgIpc) is 3.09. The van der Waals surface area contributed by atoms with Crippen LogP contribution in [0.25, 0.3) is 5.82 Å². The predicted octanol–water partition coefficient (Wildman–Crippen LogP) is 0.297. The third-order valence-electron chi connectivity index (χ3n) is 2.82. The highest BCUT2D eigenvalue weighted by molar-refractivity contribution is 7.89. The summed E-state index contributed by atoms with van der Waals surface area (Å²) in [6.45, 7) is 0. The third kappa shape index (κ3) is 5.57. The molecule has 0 bridgehead atoms. The standard InChI is InChI=1S/C8H8N4O2S.C5H5ClN2O2S/c9-15(13,14)7-2-3-8(10-6-7)12-5-1-4-11-12;6-5-2-1-4(3-8-5)11(7,9)10/h1-6H,(H2,9,13,14);1-3H,(H2,7,9,10). The number of rotatable bonds is 3. The quantitative estimate of drug-likeness (QED) is 0.579. The summed E-state index contributed by atoms with van der Waals surface area (Å²) in [4.78, 5) is 7.43. The number of nitrogens with zero attached hydrogens (tertiary/aromatic N) is 4. The van der Waals surface area contributed by atoms with Gasteiger partial charge in [-0.2, -0.15) is 5.10 Å². The van der Waals surface area contributed by atoms with Gasteiger partial charge in [-0.3, -0.25) is 0 Å². The van der Waals surface area contributed by atoms with Crippen molar-refractivity contribution in [2.45, 2.75) is 9.79 Å². The van der Waals surface area contributed by atoms with E-state index in [0.717, 1.165) is 6.20 Å². The minimum Gasteiger partial charge on any atom is -0.243 e. The molecule has 13 heteroatoms. The maximum Gasteiger partial charge on any atom is 0.239 e. The molecule has 3 rings (SSSR count). The highest BCUT2D eigenvalue weighted by Gasteiger charge is 2.08. The molecule has 4 N–H and O–H groups in total. The van der Waals surface area contributed by atoms with Crippen LogP contribution in [0.1, 0.15) is 0 Å². The second kappa shape index (κ2) is 7.88. The largest absolute Gasteiger partial charge is 0.243 e. The molecule has 0 unspecified atom stereocenters. The lowest BCUT2D eigenvalue weighted by atomic mass is 10.5. The predicted molar refractivity (Wildman–Crippen MR) is 93.4 cm³/mol. The van der Waals surface area contributed by atoms with Crippen molar-refractivity contribution in [3.63, 3.8) is 0 Å². The number of sulfonamides is 2. The van der Waals surface area contributed by atoms with Crippen LogP contribution in [-0.2, 0) is 20.0 Å². The van der Waals surface area contributed by atoms with Crippen LogP contribution in [0.2, 0.25) is 5.15 Å². The molecule has 0 atom stereocenters. The lowest BCUT2D eigenvalue weighted by Crippen LogP contribution is -2.12. The fourth-order valence-corrected chi connectivity index (χ4v) is 2.64. The molecule has 3 aromatic heterocycles. The lowest BCUT2D eigenvalue weighted by Gasteiger charge is -2.01. The molecular weight excluding hydrogens is 404 g/mol. The molecule has 3 heterocycles. The summed E-state index contributed by atoms with van der Waals surface area (Å²) >= 11 is 5.42. The number of nitrogens with two attached hydrogens (primary N) is 2. The minimum absolute atomic E-state index is 0.0154. The monoisotopic (exact) mass is 416 g/mol. The highest BCUT2D eigenvalue weighted by atomic mass is 35.5. The molecule has 0 spiro atoms. The zero-order chi connectivity index (χ0) is 19.4. The Balaban J connectivity index is 0.000000197. The van der Waals surface area contributed by atoms with Gasteiger partial charge < -0.3 is 0 Å². The van der Waals surface area contributed by atoms with Crippen molar-refractivity contribution in [2.24, 2.45) is 10.3 Å². The van der Waals surface area contributed by atoms with Crippen molar-refractivity contribution in [1.82, 2.24) is 19.7 Å². The zero-order valence-corrected chi connectivity index (χ0v) is 15.4. The first kappa shape index (κ1) is 19.9. The van der Waals surface area contributed by atoms with E-state index < -0.39 is 20.0 Å². The van der Waals surface area contributed by atoms with Crippen molar-refractivity contribution in [3.8, 4) is 5.82 Å². The van der Waals surface area contributed by atoms with E-state index in [1.165, 1.54) is 35.1 Å². The Morgan fingerprint density at radius 1 is 0.885 bits per heavy atom. The summed E-state index contributed by atoms with van der Waals surface area (Å²) in [5.74, 6) is 0.535. The Morgan fingerprint density at radius 2 is 1.46 bits per heavy atom. The first-order valence-corrected chi connectivity index (χ1v) is 10.2. The summed E-state index contributed by atoms with van der Waals surface area (Å²) in [6, 6.07) is 7.33. The molecular formula is C13H13ClN6O4S2. The number of hydrogen-bond acceptors (Lipinski definition) is 7. The van der Waals surface area contributed by atoms with E-state index in [1.54, 1.807) is 18.5 Å². The van der Waals surface area contributed by atoms with E-state index in [1.807, 2.05) is 0 Å². The number of primary sulfonamides is 2. The van der Waals surface area contributed by atoms with Crippen LogP contribution in [0.15, 0.2) is 64.9 Å². The molecule has 0 saturated carbocycles. The second-order valence-electron chi connectivity index (χ2n) is 4.71. The maximum atomic E-state index is 10.9. The van der Waals surface area contributed by atoms with Gasteiger partial charge in [-0.1, -0.05) is 11.6 Å². The van der Waals surface area contributed by atoms with Gasteiger partial charge in [0.2, 0.25) is 20.0 Å². The Morgan fingerprint density at radius 3 is 1.85 bits per heavy atom. The normalized spacial score (nSPS) is 11.5. The number of halogens is 1. The van der Waals surface area contributed by atoms with Crippen molar-refractivity contribution >= 4 is 31.6 Å². The number of pyridine rings is 2. The van der Waals surface area contributed by atoms with Gasteiger partial charge in [0.05, 0.1) is 0 Å². The molecule has 3 aromatic rings. The first-order chi connectivity index (χ1) is 12.1. The van der Waals surface area contributed by atoms with Crippen molar-refractivity contribution < 1.29 is 16.8 Å². The van der Waals surface area contributed by atoms with Crippen LogP contribution < -0.4 is 10.3 Å². The van der Waals surface area contributed by atoms with E-state index >= 15 is 0 Å². The fourth-order valence-electron chi connectivity index (χ4n) is 1.61. The molecule has 0 fully saturated rings. The zero-order valence-electron chi connectivity index (χ0n) is 13.0. The van der Waals surface area contributed by atoms with Gasteiger partial charge in [0.25, 0.3) is 0 Å². The molecule has 0 saturated heterocycles. The van der Waals surface area contributed by atoms with Crippen LogP contribution >= 0.6 is 11.6 Å². The van der Waals surface area contributed by atoms with E-state index in [4.69, 9.17) is 21.9 Å². The third-order valence-corrected chi connectivity index (χ3v) is 4.84. The first-order valence-electron chi connectivity index (χ1n) is 6.70. The molecule has 10 nitrogen and oxygen atoms in total. The van der Waals surface area contributed by atoms with Crippen LogP contribution in [0.4, 0.5) is 0 Å². The SMILES string of the molecule is NS(=O)(=O)c1ccc(-n2cccn2)nc1.NS(=O)(=O)c1ccc(Cl)nc1. The van der Waals surface area contributed by atoms with Gasteiger partial charge >= 0.3 is 0 Å². The van der Waals surface area contributed by atoms with Gasteiger partial charge in [0.15, 0.2) is 5.82 Å². The van der Waals surface area contributed by atoms with E-state index in [9.17, 15) is 16.8 Å². The van der Waals surface area contributed by atoms with Crippen LogP contribution in [0.3, 0.4) is 0 Å². The van der Waals surface area contributed by atoms with Gasteiger partial charge in [-0.05, 0) is 30.3 Å². The molecule has 0 aliphatic heterocycles. The van der Waals surface area contributed by atoms with Gasteiger partial charge in [0.1, 0.15) is 14.9 Å². The summed E-state index contributed by atoms with van der Waals surface area (Å²) in [5.41, 5.74) is 0. The Labute approximate surface area is 154 Å². The molecule has 26 heavy (non-hydrogen) atoms. The van der Waals surface area contributed by atoms with Crippen LogP contribution in [0.5, 0.6) is 0 Å². The summed E-state index contributed by atoms with van der Waals surface area (Å²) in [7, 11) is -7.32. The molecule has 0 aliphatic rings. The van der Waals surface area contributed by atoms with Crippen LogP contribution in [-0.4, -0.2) is 36.6 Å². The van der Waals surface area contributed by atoms with Gasteiger partial charge in [0, 0.05) is 24.8 Å². The number of aromatic nitrogens is 4. The maximum absolute atomic E-state index is 10.9. The molecule has 138 valence electrons. The van der Waals surface area contributed by atoms with Gasteiger partial charge in [-0.15, -0.1) is 0 Å². The lowest BCUT2D eigenvalue weighted by molar-refractivity contribution is 0.595. The van der Waals surface area contributed by atoms with Crippen molar-refractivity contribution in [1.29, 1.82) is 0 Å². The Kier molecular flexibility index (Phi) is 6.05. The van der Waals surface area contributed by atoms with Crippen LogP contribution in [0, 0.1) is 0 Å². The Hall–Kier alpha value is -2.38. The second-order valence-corrected chi connectivity index (χ2v) is 8.22. The van der Waals surface area contributed by atoms with E-state index in [-0.39, 0.29) is 14.9 Å². The smallest absolute Gasteiger partial charge is 0.239 e. The molecule has 0 amide bonds. The molecule has 0 aliphatic carbocycles. The van der Waals surface area contributed by atoms with Gasteiger partial charge in [-0.25, -0.2) is 41.8 Å². The molecule has 0 aromatic carbocycles. The Bertz CT molecular complexity index is 1070. The topological polar surface area (TPSA) is 164 Å². The van der Waals surface area contributed by atoms with E-state index in [0.29, 0.717) is 5.82 Å². The number of hydrogen-bond donors (Lipinski definition) is 2. The fraction of sp³-hybridized carbons (Fsp3) is 0. The summed E-state index contributed by atoms with van der Waals surface area (Å²) < 4.78 is 44.7. The van der Waals surface area contributed by atoms with Crippen molar-refractivity contribution in [2.75, 3.05) is 0 Å². The summed E-state index contributed by atoms with van der Waals surface area (Å²) in [6.07, 6.45) is 5.62. The summed E-state index contributed by atoms with van der Waals surface area (Å²) in [5, 5.41) is 13.9.